The first-order chi connectivity index (χ1) is 12.7. The number of nitrogens with zero attached hydrogens (tertiary/aromatic N) is 5. The third-order valence-electron chi connectivity index (χ3n) is 5.40. The van der Waals surface area contributed by atoms with Crippen molar-refractivity contribution in [2.75, 3.05) is 26.2 Å². The summed E-state index contributed by atoms with van der Waals surface area (Å²) in [6, 6.07) is 2.01. The van der Waals surface area contributed by atoms with Crippen LogP contribution >= 0.6 is 0 Å². The molecule has 0 saturated carbocycles. The molecule has 2 aromatic rings. The van der Waals surface area contributed by atoms with Crippen molar-refractivity contribution in [2.45, 2.75) is 38.4 Å². The Morgan fingerprint density at radius 3 is 2.81 bits per heavy atom. The molecule has 8 nitrogen and oxygen atoms in total. The van der Waals surface area contributed by atoms with Gasteiger partial charge in [-0.3, -0.25) is 14.4 Å². The molecule has 2 fully saturated rings. The number of piperidine rings is 1. The molecule has 0 aromatic carbocycles. The van der Waals surface area contributed by atoms with E-state index in [4.69, 9.17) is 10.2 Å². The lowest BCUT2D eigenvalue weighted by Crippen LogP contribution is -2.39. The summed E-state index contributed by atoms with van der Waals surface area (Å²) < 4.78 is 6.95. The van der Waals surface area contributed by atoms with Gasteiger partial charge in [-0.25, -0.2) is 0 Å². The monoisotopic (exact) mass is 358 g/mol. The quantitative estimate of drug-likeness (QED) is 0.856. The summed E-state index contributed by atoms with van der Waals surface area (Å²) in [5.41, 5.74) is 7.59. The van der Waals surface area contributed by atoms with Gasteiger partial charge < -0.3 is 15.1 Å². The summed E-state index contributed by atoms with van der Waals surface area (Å²) in [4.78, 5) is 16.6. The zero-order valence-corrected chi connectivity index (χ0v) is 15.0. The normalized spacial score (nSPS) is 22.2. The van der Waals surface area contributed by atoms with Crippen LogP contribution in [0.5, 0.6) is 0 Å². The summed E-state index contributed by atoms with van der Waals surface area (Å²) in [5.74, 6) is 0.585. The number of hydrogen-bond donors (Lipinski definition) is 1. The minimum atomic E-state index is 0.0593. The molecule has 2 saturated heterocycles. The maximum absolute atomic E-state index is 12.3. The highest BCUT2D eigenvalue weighted by molar-refractivity contribution is 5.93. The molecule has 0 radical (unpaired) electrons. The molecule has 140 valence electrons. The number of nitrogens with two attached hydrogens (primary N) is 1. The SMILES string of the molecule is N[C@@H]1CCN(Cc2cn(CC3CCN(C(=O)c4ccoc4)CC3)nn2)C1. The van der Waals surface area contributed by atoms with Crippen LogP contribution in [-0.4, -0.2) is 62.9 Å². The minimum absolute atomic E-state index is 0.0593. The molecular formula is C18H26N6O2. The first kappa shape index (κ1) is 17.2. The summed E-state index contributed by atoms with van der Waals surface area (Å²) >= 11 is 0. The van der Waals surface area contributed by atoms with Crippen LogP contribution in [0.25, 0.3) is 0 Å². The van der Waals surface area contributed by atoms with Crippen molar-refractivity contribution >= 4 is 5.91 Å². The summed E-state index contributed by atoms with van der Waals surface area (Å²) in [6.45, 7) is 5.22. The van der Waals surface area contributed by atoms with E-state index < -0.39 is 0 Å². The van der Waals surface area contributed by atoms with E-state index in [9.17, 15) is 4.79 Å². The van der Waals surface area contributed by atoms with Gasteiger partial charge in [-0.2, -0.15) is 0 Å². The Bertz CT molecular complexity index is 720. The topological polar surface area (TPSA) is 93.4 Å². The van der Waals surface area contributed by atoms with Crippen LogP contribution < -0.4 is 5.73 Å². The Labute approximate surface area is 152 Å². The molecule has 2 N–H and O–H groups in total. The molecule has 4 heterocycles. The lowest BCUT2D eigenvalue weighted by molar-refractivity contribution is 0.0680. The van der Waals surface area contributed by atoms with Gasteiger partial charge in [0.1, 0.15) is 6.26 Å². The van der Waals surface area contributed by atoms with Crippen molar-refractivity contribution in [3.63, 3.8) is 0 Å². The van der Waals surface area contributed by atoms with Crippen LogP contribution in [0.2, 0.25) is 0 Å². The fraction of sp³-hybridized carbons (Fsp3) is 0.611. The molecule has 1 amide bonds. The number of carbonyl (C=O) groups is 1. The van der Waals surface area contributed by atoms with Gasteiger partial charge in [0.25, 0.3) is 5.91 Å². The van der Waals surface area contributed by atoms with E-state index in [1.807, 2.05) is 15.8 Å². The van der Waals surface area contributed by atoms with Crippen molar-refractivity contribution in [3.8, 4) is 0 Å². The number of hydrogen-bond acceptors (Lipinski definition) is 6. The maximum atomic E-state index is 12.3. The Hall–Kier alpha value is -2.19. The Morgan fingerprint density at radius 1 is 1.27 bits per heavy atom. The fourth-order valence-electron chi connectivity index (χ4n) is 3.89. The average molecular weight is 358 g/mol. The van der Waals surface area contributed by atoms with Gasteiger partial charge in [0.15, 0.2) is 0 Å². The molecule has 2 aromatic heterocycles. The number of likely N-dealkylation sites (tertiary alicyclic amines) is 2. The molecule has 26 heavy (non-hydrogen) atoms. The second-order valence-electron chi connectivity index (χ2n) is 7.46. The van der Waals surface area contributed by atoms with Gasteiger partial charge in [-0.15, -0.1) is 5.10 Å². The van der Waals surface area contributed by atoms with Crippen LogP contribution in [-0.2, 0) is 13.1 Å². The predicted molar refractivity (Wildman–Crippen MR) is 95.2 cm³/mol. The molecule has 4 rings (SSSR count). The zero-order chi connectivity index (χ0) is 17.9. The van der Waals surface area contributed by atoms with Crippen LogP contribution in [0.1, 0.15) is 35.3 Å². The smallest absolute Gasteiger partial charge is 0.257 e. The van der Waals surface area contributed by atoms with Crippen molar-refractivity contribution in [2.24, 2.45) is 11.7 Å². The molecule has 2 aliphatic heterocycles. The molecule has 1 atom stereocenters. The standard InChI is InChI=1S/C18H26N6O2/c19-16-3-5-22(10-16)11-17-12-24(21-20-17)9-14-1-6-23(7-2-14)18(25)15-4-8-26-13-15/h4,8,12-14,16H,1-3,5-7,9-11,19H2/t16-/m1/s1. The highest BCUT2D eigenvalue weighted by Gasteiger charge is 2.25. The van der Waals surface area contributed by atoms with Gasteiger partial charge in [0.05, 0.1) is 17.5 Å². The Kier molecular flexibility index (Phi) is 5.03. The zero-order valence-electron chi connectivity index (χ0n) is 15.0. The van der Waals surface area contributed by atoms with E-state index in [0.717, 1.165) is 64.2 Å². The van der Waals surface area contributed by atoms with Crippen LogP contribution in [0.3, 0.4) is 0 Å². The summed E-state index contributed by atoms with van der Waals surface area (Å²) in [5, 5.41) is 8.58. The lowest BCUT2D eigenvalue weighted by atomic mass is 9.96. The molecule has 0 spiro atoms. The van der Waals surface area contributed by atoms with E-state index in [1.54, 1.807) is 6.07 Å². The fourth-order valence-corrected chi connectivity index (χ4v) is 3.89. The third-order valence-corrected chi connectivity index (χ3v) is 5.40. The summed E-state index contributed by atoms with van der Waals surface area (Å²) in [7, 11) is 0. The van der Waals surface area contributed by atoms with E-state index >= 15 is 0 Å². The van der Waals surface area contributed by atoms with Gasteiger partial charge in [0, 0.05) is 51.5 Å². The van der Waals surface area contributed by atoms with Crippen LogP contribution in [0, 0.1) is 5.92 Å². The molecule has 8 heteroatoms. The molecule has 0 unspecified atom stereocenters. The second kappa shape index (κ2) is 7.59. The Balaban J connectivity index is 1.25. The van der Waals surface area contributed by atoms with Crippen molar-refractivity contribution in [1.82, 2.24) is 24.8 Å². The van der Waals surface area contributed by atoms with Gasteiger partial charge in [0.2, 0.25) is 0 Å². The predicted octanol–water partition coefficient (Wildman–Crippen LogP) is 0.956. The first-order valence-electron chi connectivity index (χ1n) is 9.36. The van der Waals surface area contributed by atoms with Gasteiger partial charge in [-0.1, -0.05) is 5.21 Å². The van der Waals surface area contributed by atoms with Gasteiger partial charge in [-0.05, 0) is 31.2 Å². The van der Waals surface area contributed by atoms with E-state index in [1.165, 1.54) is 12.5 Å². The highest BCUT2D eigenvalue weighted by atomic mass is 16.3. The first-order valence-corrected chi connectivity index (χ1v) is 9.36. The van der Waals surface area contributed by atoms with E-state index in [2.05, 4.69) is 15.2 Å². The number of carbonyl (C=O) groups excluding carboxylic acids is 1. The van der Waals surface area contributed by atoms with Crippen molar-refractivity contribution < 1.29 is 9.21 Å². The number of amides is 1. The minimum Gasteiger partial charge on any atom is -0.472 e. The third kappa shape index (κ3) is 3.96. The maximum Gasteiger partial charge on any atom is 0.257 e. The van der Waals surface area contributed by atoms with E-state index in [-0.39, 0.29) is 5.91 Å². The van der Waals surface area contributed by atoms with Gasteiger partial charge >= 0.3 is 0 Å². The second-order valence-corrected chi connectivity index (χ2v) is 7.46. The average Bonchev–Trinajstić information content (AvgIpc) is 3.38. The number of aromatic nitrogens is 3. The largest absolute Gasteiger partial charge is 0.472 e. The van der Waals surface area contributed by atoms with Crippen molar-refractivity contribution in [3.05, 3.63) is 36.0 Å². The highest BCUT2D eigenvalue weighted by Crippen LogP contribution is 2.21. The molecular weight excluding hydrogens is 332 g/mol. The van der Waals surface area contributed by atoms with Crippen LogP contribution in [0.4, 0.5) is 0 Å². The van der Waals surface area contributed by atoms with E-state index in [0.29, 0.717) is 17.5 Å². The molecule has 0 aliphatic carbocycles. The summed E-state index contributed by atoms with van der Waals surface area (Å²) in [6.07, 6.45) is 8.13. The lowest BCUT2D eigenvalue weighted by Gasteiger charge is -2.31. The van der Waals surface area contributed by atoms with Crippen molar-refractivity contribution in [1.29, 1.82) is 0 Å². The number of furan rings is 1. The van der Waals surface area contributed by atoms with Crippen LogP contribution in [0.15, 0.2) is 29.2 Å². The Morgan fingerprint density at radius 2 is 2.12 bits per heavy atom. The molecule has 2 aliphatic rings. The number of rotatable bonds is 5. The molecule has 0 bridgehead atoms.